The van der Waals surface area contributed by atoms with E-state index in [2.05, 4.69) is 24.7 Å². The van der Waals surface area contributed by atoms with Gasteiger partial charge in [-0.2, -0.15) is 8.75 Å². The van der Waals surface area contributed by atoms with Crippen LogP contribution in [0.5, 0.6) is 0 Å². The van der Waals surface area contributed by atoms with Gasteiger partial charge in [-0.25, -0.2) is 0 Å². The van der Waals surface area contributed by atoms with Crippen molar-refractivity contribution in [2.75, 3.05) is 0 Å². The molecule has 1 aromatic rings. The number of rotatable bonds is 1. The summed E-state index contributed by atoms with van der Waals surface area (Å²) in [7, 11) is 0. The third-order valence-electron chi connectivity index (χ3n) is 2.25. The molecule has 0 aromatic carbocycles. The van der Waals surface area contributed by atoms with Crippen molar-refractivity contribution in [3.8, 4) is 0 Å². The Hall–Kier alpha value is -0.820. The molecule has 0 spiro atoms. The third-order valence-corrected chi connectivity index (χ3v) is 4.10. The molecule has 0 saturated carbocycles. The van der Waals surface area contributed by atoms with Crippen LogP contribution >= 0.6 is 27.7 Å². The van der Waals surface area contributed by atoms with E-state index in [0.717, 1.165) is 11.7 Å². The van der Waals surface area contributed by atoms with Crippen LogP contribution in [0.3, 0.4) is 0 Å². The molecule has 7 heteroatoms. The Morgan fingerprint density at radius 2 is 2.43 bits per heavy atom. The van der Waals surface area contributed by atoms with Crippen molar-refractivity contribution in [3.05, 3.63) is 33.2 Å². The van der Waals surface area contributed by atoms with Gasteiger partial charge in [0.25, 0.3) is 0 Å². The molecular weight excluding hydrogens is 270 g/mol. The number of nitro groups is 1. The van der Waals surface area contributed by atoms with E-state index in [-0.39, 0.29) is 4.92 Å². The Labute approximate surface area is 92.4 Å². The fraction of sp³-hybridized carbons (Fsp3) is 0.429. The smallest absolute Gasteiger partial charge is 0.262 e. The average molecular weight is 276 g/mol. The molecule has 0 saturated heterocycles. The monoisotopic (exact) mass is 275 g/mol. The van der Waals surface area contributed by atoms with Gasteiger partial charge in [0.15, 0.2) is 5.69 Å². The highest BCUT2D eigenvalue weighted by Crippen LogP contribution is 2.42. The molecule has 0 bridgehead atoms. The van der Waals surface area contributed by atoms with Crippen LogP contribution in [-0.2, 0) is 10.9 Å². The topological polar surface area (TPSA) is 68.9 Å². The van der Waals surface area contributed by atoms with Gasteiger partial charge in [-0.1, -0.05) is 6.08 Å². The highest BCUT2D eigenvalue weighted by atomic mass is 79.9. The predicted octanol–water partition coefficient (Wildman–Crippen LogP) is 1.86. The van der Waals surface area contributed by atoms with Gasteiger partial charge in [0.05, 0.1) is 17.4 Å². The van der Waals surface area contributed by atoms with Gasteiger partial charge >= 0.3 is 4.45 Å². The number of allylic oxidation sites excluding steroid dienone is 1. The number of alkyl halides is 1. The van der Waals surface area contributed by atoms with Crippen molar-refractivity contribution in [2.24, 2.45) is 0 Å². The third kappa shape index (κ3) is 1.12. The maximum atomic E-state index is 11.0. The highest BCUT2D eigenvalue weighted by Gasteiger charge is 2.50. The van der Waals surface area contributed by atoms with Crippen molar-refractivity contribution >= 4 is 27.7 Å². The molecule has 2 rings (SSSR count). The van der Waals surface area contributed by atoms with Gasteiger partial charge in [-0.3, -0.25) is 10.1 Å². The molecule has 1 heterocycles. The summed E-state index contributed by atoms with van der Waals surface area (Å²) in [5, 5.41) is 11.0. The number of halogens is 1. The number of hydrogen-bond acceptors (Lipinski definition) is 5. The lowest BCUT2D eigenvalue weighted by Crippen LogP contribution is -2.33. The Bertz CT molecular complexity index is 430. The Morgan fingerprint density at radius 3 is 3.07 bits per heavy atom. The van der Waals surface area contributed by atoms with Crippen LogP contribution in [0.15, 0.2) is 11.6 Å². The van der Waals surface area contributed by atoms with Crippen molar-refractivity contribution < 1.29 is 4.92 Å². The average Bonchev–Trinajstić information content (AvgIpc) is 2.59. The first-order chi connectivity index (χ1) is 6.56. The number of hydrogen-bond donors (Lipinski definition) is 0. The van der Waals surface area contributed by atoms with Gasteiger partial charge in [0, 0.05) is 32.8 Å². The molecule has 1 aliphatic rings. The Kier molecular flexibility index (Phi) is 2.15. The number of aromatic nitrogens is 2. The van der Waals surface area contributed by atoms with Crippen LogP contribution in [-0.4, -0.2) is 13.7 Å². The minimum atomic E-state index is -1.37. The fourth-order valence-electron chi connectivity index (χ4n) is 1.39. The molecule has 1 atom stereocenters. The normalized spacial score (nSPS) is 25.4. The Balaban J connectivity index is 2.63. The summed E-state index contributed by atoms with van der Waals surface area (Å²) in [6, 6.07) is 0. The maximum absolute atomic E-state index is 11.0. The summed E-state index contributed by atoms with van der Waals surface area (Å²) in [5.74, 6) is 0. The largest absolute Gasteiger partial charge is 0.339 e. The molecule has 1 unspecified atom stereocenters. The van der Waals surface area contributed by atoms with Crippen LogP contribution in [0.1, 0.15) is 18.3 Å². The summed E-state index contributed by atoms with van der Waals surface area (Å²) in [6.45, 7) is 1.72. The lowest BCUT2D eigenvalue weighted by molar-refractivity contribution is -0.533. The van der Waals surface area contributed by atoms with Gasteiger partial charge in [0.2, 0.25) is 0 Å². The standard InChI is InChI=1S/C7H6BrN3O2S/c1-4-2-3-5-6(10-14-9-5)7(4,8)11(12)13/h2H,3H2,1H3. The second-order valence-electron chi connectivity index (χ2n) is 3.03. The Morgan fingerprint density at radius 1 is 1.71 bits per heavy atom. The summed E-state index contributed by atoms with van der Waals surface area (Å²) >= 11 is 4.15. The van der Waals surface area contributed by atoms with E-state index in [0.29, 0.717) is 23.4 Å². The van der Waals surface area contributed by atoms with Gasteiger partial charge in [-0.05, 0) is 6.92 Å². The zero-order chi connectivity index (χ0) is 10.3. The molecule has 1 aliphatic carbocycles. The van der Waals surface area contributed by atoms with Gasteiger partial charge < -0.3 is 0 Å². The second-order valence-corrected chi connectivity index (χ2v) is 4.71. The minimum Gasteiger partial charge on any atom is -0.262 e. The molecular formula is C7H6BrN3O2S. The minimum absolute atomic E-state index is 0.377. The fourth-order valence-corrected chi connectivity index (χ4v) is 2.61. The van der Waals surface area contributed by atoms with Crippen LogP contribution < -0.4 is 0 Å². The summed E-state index contributed by atoms with van der Waals surface area (Å²) in [4.78, 5) is 10.6. The van der Waals surface area contributed by atoms with E-state index in [4.69, 9.17) is 0 Å². The molecule has 5 nitrogen and oxygen atoms in total. The zero-order valence-electron chi connectivity index (χ0n) is 7.23. The van der Waals surface area contributed by atoms with Crippen LogP contribution in [0.4, 0.5) is 0 Å². The van der Waals surface area contributed by atoms with E-state index >= 15 is 0 Å². The first kappa shape index (κ1) is 9.72. The van der Waals surface area contributed by atoms with Crippen molar-refractivity contribution in [1.82, 2.24) is 8.75 Å². The van der Waals surface area contributed by atoms with Crippen LogP contribution in [0.2, 0.25) is 0 Å². The predicted molar refractivity (Wildman–Crippen MR) is 55.0 cm³/mol. The molecule has 0 aliphatic heterocycles. The highest BCUT2D eigenvalue weighted by molar-refractivity contribution is 9.09. The maximum Gasteiger partial charge on any atom is 0.339 e. The van der Waals surface area contributed by atoms with Crippen molar-refractivity contribution in [1.29, 1.82) is 0 Å². The molecule has 0 N–H and O–H groups in total. The lowest BCUT2D eigenvalue weighted by atomic mass is 9.96. The van der Waals surface area contributed by atoms with Crippen molar-refractivity contribution in [3.63, 3.8) is 0 Å². The summed E-state index contributed by atoms with van der Waals surface area (Å²) in [5.41, 5.74) is 1.77. The van der Waals surface area contributed by atoms with E-state index in [1.165, 1.54) is 0 Å². The molecule has 14 heavy (non-hydrogen) atoms. The SMILES string of the molecule is CC1=CCc2nsnc2C1(Br)[N+](=O)[O-]. The van der Waals surface area contributed by atoms with E-state index < -0.39 is 4.45 Å². The second kappa shape index (κ2) is 3.09. The molecule has 74 valence electrons. The van der Waals surface area contributed by atoms with Gasteiger partial charge in [-0.15, -0.1) is 0 Å². The van der Waals surface area contributed by atoms with Crippen LogP contribution in [0, 0.1) is 10.1 Å². The van der Waals surface area contributed by atoms with E-state index in [1.54, 1.807) is 13.0 Å². The van der Waals surface area contributed by atoms with Gasteiger partial charge in [0.1, 0.15) is 0 Å². The van der Waals surface area contributed by atoms with Crippen molar-refractivity contribution in [2.45, 2.75) is 17.8 Å². The zero-order valence-corrected chi connectivity index (χ0v) is 9.63. The number of nitrogens with zero attached hydrogens (tertiary/aromatic N) is 3. The molecule has 0 amide bonds. The summed E-state index contributed by atoms with van der Waals surface area (Å²) < 4.78 is 6.64. The van der Waals surface area contributed by atoms with E-state index in [1.807, 2.05) is 0 Å². The lowest BCUT2D eigenvalue weighted by Gasteiger charge is -2.21. The molecule has 0 radical (unpaired) electrons. The molecule has 0 fully saturated rings. The first-order valence-corrected chi connectivity index (χ1v) is 5.41. The number of fused-ring (bicyclic) bond motifs is 1. The van der Waals surface area contributed by atoms with E-state index in [9.17, 15) is 10.1 Å². The quantitative estimate of drug-likeness (QED) is 0.258. The molecule has 1 aromatic heterocycles. The van der Waals surface area contributed by atoms with Crippen LogP contribution in [0.25, 0.3) is 0 Å². The first-order valence-electron chi connectivity index (χ1n) is 3.89. The summed E-state index contributed by atoms with van der Waals surface area (Å²) in [6.07, 6.45) is 2.43.